The Kier molecular flexibility index (Phi) is 43.4. The summed E-state index contributed by atoms with van der Waals surface area (Å²) in [7, 11) is 1.48. The van der Waals surface area contributed by atoms with Crippen LogP contribution in [0, 0.1) is 0 Å². The second kappa shape index (κ2) is 44.8. The first-order valence-corrected chi connectivity index (χ1v) is 28.0. The van der Waals surface area contributed by atoms with Crippen molar-refractivity contribution in [3.63, 3.8) is 0 Å². The number of amides is 1. The Hall–Kier alpha value is -2.03. The third kappa shape index (κ3) is 45.1. The highest BCUT2D eigenvalue weighted by Gasteiger charge is 2.30. The number of quaternary nitrogens is 1. The highest BCUT2D eigenvalue weighted by molar-refractivity contribution is 7.47. The molecule has 0 saturated heterocycles. The fourth-order valence-electron chi connectivity index (χ4n) is 7.47. The van der Waals surface area contributed by atoms with Crippen LogP contribution in [0.2, 0.25) is 0 Å². The van der Waals surface area contributed by atoms with Gasteiger partial charge >= 0.3 is 13.8 Å². The van der Waals surface area contributed by atoms with E-state index < -0.39 is 20.0 Å². The quantitative estimate of drug-likeness (QED) is 0.0156. The number of nitrogens with zero attached hydrogens (tertiary/aromatic N) is 1. The summed E-state index contributed by atoms with van der Waals surface area (Å²) in [6.45, 7) is 6.85. The van der Waals surface area contributed by atoms with Crippen LogP contribution in [0.1, 0.15) is 233 Å². The molecule has 0 saturated carbocycles. The van der Waals surface area contributed by atoms with E-state index in [0.29, 0.717) is 23.9 Å². The van der Waals surface area contributed by atoms with Crippen LogP contribution in [0.15, 0.2) is 48.6 Å². The Balaban J connectivity index is 5.41. The van der Waals surface area contributed by atoms with Gasteiger partial charge in [-0.2, -0.15) is 0 Å². The van der Waals surface area contributed by atoms with Crippen molar-refractivity contribution in [2.75, 3.05) is 40.9 Å². The van der Waals surface area contributed by atoms with Crippen molar-refractivity contribution in [1.82, 2.24) is 5.32 Å². The van der Waals surface area contributed by atoms with Crippen molar-refractivity contribution < 1.29 is 37.3 Å². The number of phosphoric ester groups is 1. The predicted octanol–water partition coefficient (Wildman–Crippen LogP) is 15.4. The van der Waals surface area contributed by atoms with E-state index in [1.807, 2.05) is 33.3 Å². The summed E-state index contributed by atoms with van der Waals surface area (Å²) in [5.74, 6) is -0.527. The van der Waals surface area contributed by atoms with Crippen LogP contribution in [0.4, 0.5) is 0 Å². The molecule has 0 heterocycles. The molecule has 0 aromatic rings. The zero-order valence-electron chi connectivity index (χ0n) is 42.5. The molecule has 0 aromatic heterocycles. The third-order valence-electron chi connectivity index (χ3n) is 11.6. The van der Waals surface area contributed by atoms with Crippen molar-refractivity contribution in [3.05, 3.63) is 48.6 Å². The van der Waals surface area contributed by atoms with E-state index in [1.165, 1.54) is 116 Å². The number of carbonyl (C=O) groups excluding carboxylic acids is 2. The normalized spacial score (nSPS) is 14.3. The van der Waals surface area contributed by atoms with E-state index in [2.05, 4.69) is 62.5 Å². The first kappa shape index (κ1) is 62.0. The van der Waals surface area contributed by atoms with Crippen LogP contribution in [0.5, 0.6) is 0 Å². The predicted molar refractivity (Wildman–Crippen MR) is 272 cm³/mol. The summed E-state index contributed by atoms with van der Waals surface area (Å²) in [5.41, 5.74) is 0. The lowest BCUT2D eigenvalue weighted by Gasteiger charge is -2.27. The highest BCUT2D eigenvalue weighted by atomic mass is 31.2. The molecule has 0 aliphatic heterocycles. The molecule has 0 rings (SSSR count). The van der Waals surface area contributed by atoms with Crippen LogP contribution >= 0.6 is 7.82 Å². The molecule has 0 bridgehead atoms. The van der Waals surface area contributed by atoms with Gasteiger partial charge in [0.05, 0.1) is 33.8 Å². The Labute approximate surface area is 395 Å². The van der Waals surface area contributed by atoms with E-state index in [0.717, 1.165) is 77.0 Å². The molecule has 0 aliphatic rings. The van der Waals surface area contributed by atoms with Gasteiger partial charge in [-0.1, -0.05) is 217 Å². The maximum Gasteiger partial charge on any atom is 0.472 e. The summed E-state index contributed by atoms with van der Waals surface area (Å²) < 4.78 is 30.5. The first-order chi connectivity index (χ1) is 30.9. The molecule has 3 atom stereocenters. The molecule has 64 heavy (non-hydrogen) atoms. The fourth-order valence-corrected chi connectivity index (χ4v) is 8.20. The van der Waals surface area contributed by atoms with Crippen molar-refractivity contribution in [1.29, 1.82) is 0 Å². The van der Waals surface area contributed by atoms with E-state index in [4.69, 9.17) is 13.8 Å². The third-order valence-corrected chi connectivity index (χ3v) is 12.6. The van der Waals surface area contributed by atoms with Crippen molar-refractivity contribution in [3.8, 4) is 0 Å². The fraction of sp³-hybridized carbons (Fsp3) is 0.815. The number of allylic oxidation sites excluding steroid dienone is 7. The maximum absolute atomic E-state index is 13.4. The summed E-state index contributed by atoms with van der Waals surface area (Å²) >= 11 is 0. The number of ether oxygens (including phenoxy) is 1. The number of likely N-dealkylation sites (N-methyl/N-ethyl adjacent to an activating group) is 1. The van der Waals surface area contributed by atoms with E-state index in [9.17, 15) is 19.0 Å². The molecular weight excluding hydrogens is 820 g/mol. The zero-order chi connectivity index (χ0) is 47.3. The van der Waals surface area contributed by atoms with Crippen LogP contribution in [0.25, 0.3) is 0 Å². The summed E-state index contributed by atoms with van der Waals surface area (Å²) in [6.07, 6.45) is 52.4. The Bertz CT molecular complexity index is 1240. The molecule has 10 heteroatoms. The second-order valence-corrected chi connectivity index (χ2v) is 20.5. The molecule has 3 unspecified atom stereocenters. The van der Waals surface area contributed by atoms with Crippen LogP contribution in [-0.2, 0) is 27.9 Å². The lowest BCUT2D eigenvalue weighted by atomic mass is 10.0. The van der Waals surface area contributed by atoms with Crippen LogP contribution in [-0.4, -0.2) is 74.3 Å². The molecular formula is C54H102N2O7P+. The number of hydrogen-bond acceptors (Lipinski definition) is 6. The lowest BCUT2D eigenvalue weighted by molar-refractivity contribution is -0.870. The SMILES string of the molecule is CC/C=C/C=C/C=C\CCCCCCCC(=O)OC(/C=C/CCCCCCCCCCC)C(COP(=O)(O)OCC[N+](C)(C)C)NC(=O)CCCCCCCCCCCCCCCC. The van der Waals surface area contributed by atoms with Gasteiger partial charge in [0.15, 0.2) is 0 Å². The van der Waals surface area contributed by atoms with Gasteiger partial charge in [0.1, 0.15) is 19.3 Å². The molecule has 1 amide bonds. The topological polar surface area (TPSA) is 111 Å². The van der Waals surface area contributed by atoms with Crippen molar-refractivity contribution in [2.24, 2.45) is 0 Å². The van der Waals surface area contributed by atoms with Gasteiger partial charge in [-0.05, 0) is 51.0 Å². The monoisotopic (exact) mass is 922 g/mol. The van der Waals surface area contributed by atoms with Gasteiger partial charge in [-0.25, -0.2) is 4.57 Å². The molecule has 0 aliphatic carbocycles. The molecule has 374 valence electrons. The van der Waals surface area contributed by atoms with Gasteiger partial charge in [-0.15, -0.1) is 0 Å². The number of carbonyl (C=O) groups is 2. The highest BCUT2D eigenvalue weighted by Crippen LogP contribution is 2.43. The van der Waals surface area contributed by atoms with Crippen LogP contribution < -0.4 is 5.32 Å². The van der Waals surface area contributed by atoms with Gasteiger partial charge in [0.2, 0.25) is 5.91 Å². The van der Waals surface area contributed by atoms with Crippen molar-refractivity contribution in [2.45, 2.75) is 245 Å². The summed E-state index contributed by atoms with van der Waals surface area (Å²) in [6, 6.07) is -0.851. The molecule has 2 N–H and O–H groups in total. The van der Waals surface area contributed by atoms with Gasteiger partial charge in [0.25, 0.3) is 0 Å². The van der Waals surface area contributed by atoms with E-state index >= 15 is 0 Å². The van der Waals surface area contributed by atoms with Gasteiger partial charge < -0.3 is 19.4 Å². The molecule has 0 aromatic carbocycles. The minimum Gasteiger partial charge on any atom is -0.456 e. The van der Waals surface area contributed by atoms with Crippen molar-refractivity contribution >= 4 is 19.7 Å². The standard InChI is InChI=1S/C54H101N2O7P/c1-7-10-13-16-19-22-25-27-29-31-34-37-40-43-46-53(57)55-51(50-62-64(59,60)61-49-48-56(4,5)6)52(45-42-39-36-33-30-24-21-18-15-12-9-3)63-54(58)47-44-41-38-35-32-28-26-23-20-17-14-11-8-2/h11,14,17,20,23,26,42,45,51-52H,7-10,12-13,15-16,18-19,21-22,24-25,27-41,43-44,46-50H2,1-6H3,(H-,55,57,59,60)/p+1/b14-11+,20-17+,26-23-,45-42+. The first-order valence-electron chi connectivity index (χ1n) is 26.5. The van der Waals surface area contributed by atoms with Gasteiger partial charge in [-0.3, -0.25) is 18.6 Å². The molecule has 0 fully saturated rings. The number of hydrogen-bond donors (Lipinski definition) is 2. The average Bonchev–Trinajstić information content (AvgIpc) is 3.25. The average molecular weight is 922 g/mol. The number of nitrogens with one attached hydrogen (secondary N) is 1. The molecule has 9 nitrogen and oxygen atoms in total. The lowest BCUT2D eigenvalue weighted by Crippen LogP contribution is -2.47. The minimum atomic E-state index is -4.44. The largest absolute Gasteiger partial charge is 0.472 e. The number of esters is 1. The number of phosphoric acid groups is 1. The van der Waals surface area contributed by atoms with E-state index in [1.54, 1.807) is 0 Å². The molecule has 0 spiro atoms. The van der Waals surface area contributed by atoms with Crippen LogP contribution in [0.3, 0.4) is 0 Å². The smallest absolute Gasteiger partial charge is 0.456 e. The molecule has 0 radical (unpaired) electrons. The second-order valence-electron chi connectivity index (χ2n) is 19.1. The number of rotatable bonds is 47. The van der Waals surface area contributed by atoms with E-state index in [-0.39, 0.29) is 31.5 Å². The number of unbranched alkanes of at least 4 members (excludes halogenated alkanes) is 27. The Morgan fingerprint density at radius 3 is 1.48 bits per heavy atom. The maximum atomic E-state index is 13.4. The summed E-state index contributed by atoms with van der Waals surface area (Å²) in [5, 5.41) is 3.03. The van der Waals surface area contributed by atoms with Gasteiger partial charge in [0, 0.05) is 12.8 Å². The Morgan fingerprint density at radius 1 is 0.562 bits per heavy atom. The Morgan fingerprint density at radius 2 is 1.00 bits per heavy atom. The summed E-state index contributed by atoms with van der Waals surface area (Å²) in [4.78, 5) is 37.4. The minimum absolute atomic E-state index is 0.0372. The zero-order valence-corrected chi connectivity index (χ0v) is 43.4.